The largest absolute Gasteiger partial charge is 0.493 e. The highest BCUT2D eigenvalue weighted by molar-refractivity contribution is 7.12. The molecule has 2 N–H and O–H groups in total. The number of carbonyl (C=O) groups is 3. The van der Waals surface area contributed by atoms with Crippen LogP contribution in [0.2, 0.25) is 0 Å². The van der Waals surface area contributed by atoms with Gasteiger partial charge in [0.2, 0.25) is 11.8 Å². The van der Waals surface area contributed by atoms with Crippen LogP contribution in [-0.4, -0.2) is 42.6 Å². The number of methoxy groups -OCH3 is 1. The fourth-order valence-corrected chi connectivity index (χ4v) is 3.59. The summed E-state index contributed by atoms with van der Waals surface area (Å²) in [7, 11) is 1.45. The van der Waals surface area contributed by atoms with E-state index in [9.17, 15) is 14.4 Å². The van der Waals surface area contributed by atoms with E-state index < -0.39 is 24.5 Å². The van der Waals surface area contributed by atoms with Crippen molar-refractivity contribution in [1.29, 1.82) is 0 Å². The van der Waals surface area contributed by atoms with Gasteiger partial charge in [0.15, 0.2) is 17.2 Å². The molecule has 1 aliphatic rings. The highest BCUT2D eigenvalue weighted by atomic mass is 32.1. The van der Waals surface area contributed by atoms with E-state index in [1.165, 1.54) is 24.5 Å². The van der Waals surface area contributed by atoms with Gasteiger partial charge in [-0.15, -0.1) is 11.3 Å². The molecule has 0 spiro atoms. The Hall–Kier alpha value is -4.28. The standard InChI is InChI=1S/C24H18N2O7S/c1-31-19-12-14(4-9-18(19)32-24(30)20-3-2-10-34-20)11-17-23(29)33-22(26-17)15-5-7-16(8-6-15)25-21(28)13-27/h2-12,27H,13H2,1H3,(H,25,28). The maximum atomic E-state index is 12.3. The molecule has 0 aliphatic carbocycles. The van der Waals surface area contributed by atoms with E-state index in [4.69, 9.17) is 19.3 Å². The van der Waals surface area contributed by atoms with E-state index in [1.54, 1.807) is 60.0 Å². The van der Waals surface area contributed by atoms with Gasteiger partial charge in [-0.3, -0.25) is 4.79 Å². The molecule has 172 valence electrons. The van der Waals surface area contributed by atoms with Crippen LogP contribution >= 0.6 is 11.3 Å². The van der Waals surface area contributed by atoms with Crippen molar-refractivity contribution in [3.63, 3.8) is 0 Å². The highest BCUT2D eigenvalue weighted by Crippen LogP contribution is 2.31. The Morgan fingerprint density at radius 1 is 1.15 bits per heavy atom. The first-order valence-electron chi connectivity index (χ1n) is 9.94. The average Bonchev–Trinajstić information content (AvgIpc) is 3.51. The van der Waals surface area contributed by atoms with E-state index in [0.717, 1.165) is 0 Å². The highest BCUT2D eigenvalue weighted by Gasteiger charge is 2.24. The number of anilines is 1. The predicted molar refractivity (Wildman–Crippen MR) is 125 cm³/mol. The zero-order valence-electron chi connectivity index (χ0n) is 17.8. The van der Waals surface area contributed by atoms with Crippen LogP contribution in [-0.2, 0) is 14.3 Å². The second-order valence-corrected chi connectivity index (χ2v) is 7.84. The molecule has 4 rings (SSSR count). The van der Waals surface area contributed by atoms with E-state index in [-0.39, 0.29) is 17.3 Å². The maximum absolute atomic E-state index is 12.3. The second kappa shape index (κ2) is 10.1. The van der Waals surface area contributed by atoms with Crippen molar-refractivity contribution in [2.45, 2.75) is 0 Å². The second-order valence-electron chi connectivity index (χ2n) is 6.90. The third-order valence-electron chi connectivity index (χ3n) is 4.60. The first-order valence-corrected chi connectivity index (χ1v) is 10.8. The minimum atomic E-state index is -0.625. The molecule has 0 saturated carbocycles. The van der Waals surface area contributed by atoms with Gasteiger partial charge in [0.1, 0.15) is 11.5 Å². The lowest BCUT2D eigenvalue weighted by molar-refractivity contribution is -0.130. The number of ether oxygens (including phenoxy) is 3. The summed E-state index contributed by atoms with van der Waals surface area (Å²) in [5.41, 5.74) is 1.69. The lowest BCUT2D eigenvalue weighted by Gasteiger charge is -2.09. The summed E-state index contributed by atoms with van der Waals surface area (Å²) < 4.78 is 16.0. The number of aliphatic imine (C=N–C) groups is 1. The third-order valence-corrected chi connectivity index (χ3v) is 5.45. The Kier molecular flexibility index (Phi) is 6.81. The molecule has 0 unspecified atom stereocenters. The van der Waals surface area contributed by atoms with Crippen molar-refractivity contribution in [3.8, 4) is 11.5 Å². The molecule has 1 amide bonds. The summed E-state index contributed by atoms with van der Waals surface area (Å²) in [6.07, 6.45) is 1.53. The molecular formula is C24H18N2O7S. The summed E-state index contributed by atoms with van der Waals surface area (Å²) in [5, 5.41) is 13.1. The first kappa shape index (κ1) is 22.9. The molecule has 0 radical (unpaired) electrons. The number of aliphatic hydroxyl groups excluding tert-OH is 1. The fraction of sp³-hybridized carbons (Fsp3) is 0.0833. The van der Waals surface area contributed by atoms with Crippen molar-refractivity contribution >= 4 is 46.8 Å². The van der Waals surface area contributed by atoms with Gasteiger partial charge in [0.25, 0.3) is 0 Å². The molecule has 3 aromatic rings. The zero-order valence-corrected chi connectivity index (χ0v) is 18.6. The number of cyclic esters (lactones) is 1. The average molecular weight is 478 g/mol. The van der Waals surface area contributed by atoms with Crippen molar-refractivity contribution < 1.29 is 33.7 Å². The smallest absolute Gasteiger partial charge is 0.363 e. The predicted octanol–water partition coefficient (Wildman–Crippen LogP) is 3.25. The number of thiophene rings is 1. The van der Waals surface area contributed by atoms with Crippen molar-refractivity contribution in [1.82, 2.24) is 0 Å². The van der Waals surface area contributed by atoms with E-state index in [0.29, 0.717) is 27.4 Å². The number of hydrogen-bond donors (Lipinski definition) is 2. The summed E-state index contributed by atoms with van der Waals surface area (Å²) in [6, 6.07) is 14.7. The van der Waals surface area contributed by atoms with Crippen molar-refractivity contribution in [3.05, 3.63) is 81.7 Å². The molecule has 2 aromatic carbocycles. The maximum Gasteiger partial charge on any atom is 0.363 e. The third kappa shape index (κ3) is 5.20. The fourth-order valence-electron chi connectivity index (χ4n) is 2.99. The molecule has 1 aliphatic heterocycles. The quantitative estimate of drug-likeness (QED) is 0.304. The van der Waals surface area contributed by atoms with Gasteiger partial charge < -0.3 is 24.6 Å². The van der Waals surface area contributed by atoms with Gasteiger partial charge in [-0.2, -0.15) is 0 Å². The van der Waals surface area contributed by atoms with Crippen LogP contribution in [0.15, 0.2) is 70.7 Å². The minimum Gasteiger partial charge on any atom is -0.493 e. The molecule has 9 nitrogen and oxygen atoms in total. The minimum absolute atomic E-state index is 0.0815. The molecule has 34 heavy (non-hydrogen) atoms. The molecule has 0 bridgehead atoms. The zero-order chi connectivity index (χ0) is 24.1. The summed E-state index contributed by atoms with van der Waals surface area (Å²) in [5.74, 6) is -0.977. The molecule has 0 atom stereocenters. The number of carbonyl (C=O) groups excluding carboxylic acids is 3. The van der Waals surface area contributed by atoms with Gasteiger partial charge in [-0.1, -0.05) is 12.1 Å². The van der Waals surface area contributed by atoms with Gasteiger partial charge in [-0.05, 0) is 59.5 Å². The Morgan fingerprint density at radius 2 is 1.94 bits per heavy atom. The van der Waals surface area contributed by atoms with E-state index in [1.807, 2.05) is 0 Å². The Labute approximate surface area is 197 Å². The van der Waals surface area contributed by atoms with Crippen LogP contribution in [0.5, 0.6) is 11.5 Å². The van der Waals surface area contributed by atoms with Crippen molar-refractivity contribution in [2.24, 2.45) is 4.99 Å². The molecular weight excluding hydrogens is 460 g/mol. The van der Waals surface area contributed by atoms with Crippen molar-refractivity contribution in [2.75, 3.05) is 19.0 Å². The topological polar surface area (TPSA) is 124 Å². The Morgan fingerprint density at radius 3 is 2.62 bits per heavy atom. The normalized spacial score (nSPS) is 13.9. The molecule has 0 fully saturated rings. The van der Waals surface area contributed by atoms with Crippen LogP contribution in [0, 0.1) is 0 Å². The number of nitrogens with zero attached hydrogens (tertiary/aromatic N) is 1. The van der Waals surface area contributed by atoms with E-state index in [2.05, 4.69) is 10.3 Å². The van der Waals surface area contributed by atoms with Gasteiger partial charge in [0.05, 0.1) is 7.11 Å². The van der Waals surface area contributed by atoms with Gasteiger partial charge in [0, 0.05) is 11.3 Å². The monoisotopic (exact) mass is 478 g/mol. The van der Waals surface area contributed by atoms with Crippen LogP contribution in [0.4, 0.5) is 5.69 Å². The molecule has 10 heteroatoms. The SMILES string of the molecule is COc1cc(C=C2N=C(c3ccc(NC(=O)CO)cc3)OC2=O)ccc1OC(=O)c1cccs1. The number of aliphatic hydroxyl groups is 1. The lowest BCUT2D eigenvalue weighted by atomic mass is 10.1. The number of hydrogen-bond acceptors (Lipinski definition) is 9. The van der Waals surface area contributed by atoms with Gasteiger partial charge >= 0.3 is 11.9 Å². The number of amides is 1. The number of nitrogens with one attached hydrogen (secondary N) is 1. The Bertz CT molecular complexity index is 1300. The van der Waals surface area contributed by atoms with Crippen LogP contribution in [0.3, 0.4) is 0 Å². The Balaban J connectivity index is 1.52. The molecule has 1 aromatic heterocycles. The lowest BCUT2D eigenvalue weighted by Crippen LogP contribution is -2.15. The first-order chi connectivity index (χ1) is 16.5. The number of rotatable bonds is 7. The number of benzene rings is 2. The van der Waals surface area contributed by atoms with Crippen LogP contribution in [0.1, 0.15) is 20.8 Å². The summed E-state index contributed by atoms with van der Waals surface area (Å²) in [4.78, 5) is 40.5. The van der Waals surface area contributed by atoms with Gasteiger partial charge in [-0.25, -0.2) is 14.6 Å². The number of esters is 2. The van der Waals surface area contributed by atoms with Crippen LogP contribution < -0.4 is 14.8 Å². The molecule has 2 heterocycles. The molecule has 0 saturated heterocycles. The summed E-state index contributed by atoms with van der Waals surface area (Å²) >= 11 is 1.27. The summed E-state index contributed by atoms with van der Waals surface area (Å²) in [6.45, 7) is -0.622. The van der Waals surface area contributed by atoms with E-state index >= 15 is 0 Å². The van der Waals surface area contributed by atoms with Crippen LogP contribution in [0.25, 0.3) is 6.08 Å².